The van der Waals surface area contributed by atoms with Crippen molar-refractivity contribution in [1.82, 2.24) is 14.3 Å². The summed E-state index contributed by atoms with van der Waals surface area (Å²) in [7, 11) is 0. The number of thiazole rings is 1. The molecule has 0 radical (unpaired) electrons. The third kappa shape index (κ3) is 3.01. The molecule has 136 valence electrons. The Hall–Kier alpha value is -1.93. The van der Waals surface area contributed by atoms with Crippen LogP contribution in [0.4, 0.5) is 0 Å². The van der Waals surface area contributed by atoms with Gasteiger partial charge in [-0.15, -0.1) is 11.3 Å². The number of aromatic nitrogens is 2. The third-order valence-electron chi connectivity index (χ3n) is 4.57. The molecule has 1 aromatic carbocycles. The number of amides is 1. The molecule has 6 nitrogen and oxygen atoms in total. The number of benzene rings is 1. The minimum atomic E-state index is -0.655. The van der Waals surface area contributed by atoms with Gasteiger partial charge in [0.25, 0.3) is 5.91 Å². The maximum atomic E-state index is 13.1. The first-order valence-corrected chi connectivity index (χ1v) is 9.63. The Labute approximate surface area is 159 Å². The fourth-order valence-electron chi connectivity index (χ4n) is 3.23. The van der Waals surface area contributed by atoms with Gasteiger partial charge in [0.2, 0.25) is 0 Å². The van der Waals surface area contributed by atoms with Gasteiger partial charge in [-0.1, -0.05) is 23.7 Å². The molecule has 8 heteroatoms. The van der Waals surface area contributed by atoms with Crippen LogP contribution < -0.4 is 0 Å². The van der Waals surface area contributed by atoms with Crippen molar-refractivity contribution in [3.63, 3.8) is 0 Å². The maximum Gasteiger partial charge on any atom is 0.272 e. The van der Waals surface area contributed by atoms with E-state index in [2.05, 4.69) is 4.98 Å². The number of nitrogens with zero attached hydrogens (tertiary/aromatic N) is 3. The predicted octanol–water partition coefficient (Wildman–Crippen LogP) is 2.94. The van der Waals surface area contributed by atoms with E-state index in [1.807, 2.05) is 37.4 Å². The molecule has 0 spiro atoms. The Morgan fingerprint density at radius 3 is 3.04 bits per heavy atom. The lowest BCUT2D eigenvalue weighted by molar-refractivity contribution is 0.0514. The van der Waals surface area contributed by atoms with Crippen LogP contribution in [0, 0.1) is 0 Å². The van der Waals surface area contributed by atoms with Gasteiger partial charge in [0, 0.05) is 28.7 Å². The number of carbonyl (C=O) groups is 1. The van der Waals surface area contributed by atoms with E-state index in [1.165, 1.54) is 11.3 Å². The molecule has 0 saturated carbocycles. The van der Waals surface area contributed by atoms with Gasteiger partial charge >= 0.3 is 0 Å². The van der Waals surface area contributed by atoms with E-state index in [4.69, 9.17) is 16.3 Å². The van der Waals surface area contributed by atoms with Crippen LogP contribution in [0.1, 0.15) is 17.4 Å². The Bertz CT molecular complexity index is 954. The number of fused-ring (bicyclic) bond motifs is 1. The van der Waals surface area contributed by atoms with E-state index in [0.717, 1.165) is 16.2 Å². The number of halogens is 1. The summed E-state index contributed by atoms with van der Waals surface area (Å²) in [5, 5.41) is 12.5. The monoisotopic (exact) mass is 391 g/mol. The molecule has 2 aromatic heterocycles. The number of imidazole rings is 1. The number of rotatable bonds is 4. The summed E-state index contributed by atoms with van der Waals surface area (Å²) in [5.74, 6) is -0.136. The van der Waals surface area contributed by atoms with Crippen LogP contribution >= 0.6 is 22.9 Å². The third-order valence-corrected chi connectivity index (χ3v) is 5.65. The van der Waals surface area contributed by atoms with Gasteiger partial charge in [-0.25, -0.2) is 4.98 Å². The van der Waals surface area contributed by atoms with Gasteiger partial charge in [0.15, 0.2) is 4.96 Å². The van der Waals surface area contributed by atoms with Crippen LogP contribution in [0.2, 0.25) is 5.02 Å². The summed E-state index contributed by atoms with van der Waals surface area (Å²) in [5.41, 5.74) is 2.20. The first kappa shape index (κ1) is 17.5. The van der Waals surface area contributed by atoms with Crippen molar-refractivity contribution in [2.75, 3.05) is 19.8 Å². The highest BCUT2D eigenvalue weighted by molar-refractivity contribution is 7.15. The molecule has 1 saturated heterocycles. The molecular weight excluding hydrogens is 374 g/mol. The lowest BCUT2D eigenvalue weighted by atomic mass is 10.1. The summed E-state index contributed by atoms with van der Waals surface area (Å²) in [4.78, 5) is 20.1. The van der Waals surface area contributed by atoms with Gasteiger partial charge < -0.3 is 14.7 Å². The molecule has 1 amide bonds. The molecule has 2 atom stereocenters. The van der Waals surface area contributed by atoms with E-state index >= 15 is 0 Å². The number of ether oxygens (including phenoxy) is 1. The largest absolute Gasteiger partial charge is 0.388 e. The molecule has 26 heavy (non-hydrogen) atoms. The molecule has 1 aliphatic rings. The standard InChI is InChI=1S/C18H18ClN3O3S/c1-2-21(14-8-25-9-16(14)23)17(24)15-10-26-18-20-13(7-22(15)18)11-4-3-5-12(19)6-11/h3-7,10,14,16,23H,2,8-9H2,1H3/t14-,16-/m0/s1. The molecule has 4 rings (SSSR count). The molecule has 1 aliphatic heterocycles. The van der Waals surface area contributed by atoms with Crippen molar-refractivity contribution < 1.29 is 14.6 Å². The van der Waals surface area contributed by atoms with Gasteiger partial charge in [0.05, 0.1) is 31.1 Å². The van der Waals surface area contributed by atoms with Crippen molar-refractivity contribution in [2.24, 2.45) is 0 Å². The molecule has 0 unspecified atom stereocenters. The second-order valence-electron chi connectivity index (χ2n) is 6.17. The zero-order chi connectivity index (χ0) is 18.3. The van der Waals surface area contributed by atoms with Gasteiger partial charge in [-0.3, -0.25) is 9.20 Å². The minimum absolute atomic E-state index is 0.136. The van der Waals surface area contributed by atoms with Gasteiger partial charge in [-0.05, 0) is 19.1 Å². The average molecular weight is 392 g/mol. The first-order valence-electron chi connectivity index (χ1n) is 8.37. The lowest BCUT2D eigenvalue weighted by Gasteiger charge is -2.28. The van der Waals surface area contributed by atoms with Crippen LogP contribution in [-0.2, 0) is 4.74 Å². The van der Waals surface area contributed by atoms with Crippen LogP contribution in [0.25, 0.3) is 16.2 Å². The number of aliphatic hydroxyl groups excluding tert-OH is 1. The highest BCUT2D eigenvalue weighted by atomic mass is 35.5. The number of carbonyl (C=O) groups excluding carboxylic acids is 1. The second kappa shape index (κ2) is 7.00. The van der Waals surface area contributed by atoms with E-state index in [9.17, 15) is 9.90 Å². The Morgan fingerprint density at radius 2 is 2.35 bits per heavy atom. The maximum absolute atomic E-state index is 13.1. The fourth-order valence-corrected chi connectivity index (χ4v) is 4.27. The Kier molecular flexibility index (Phi) is 4.71. The lowest BCUT2D eigenvalue weighted by Crippen LogP contribution is -2.46. The zero-order valence-corrected chi connectivity index (χ0v) is 15.7. The molecule has 1 N–H and O–H groups in total. The highest BCUT2D eigenvalue weighted by Crippen LogP contribution is 2.27. The average Bonchev–Trinajstić information content (AvgIpc) is 3.31. The van der Waals surface area contributed by atoms with E-state index in [1.54, 1.807) is 14.7 Å². The summed E-state index contributed by atoms with van der Waals surface area (Å²) >= 11 is 7.48. The number of likely N-dealkylation sites (N-methyl/N-ethyl adjacent to an activating group) is 1. The topological polar surface area (TPSA) is 67.1 Å². The number of aliphatic hydroxyl groups is 1. The predicted molar refractivity (Wildman–Crippen MR) is 101 cm³/mol. The quantitative estimate of drug-likeness (QED) is 0.742. The summed E-state index contributed by atoms with van der Waals surface area (Å²) in [6, 6.07) is 7.15. The van der Waals surface area contributed by atoms with E-state index < -0.39 is 6.10 Å². The van der Waals surface area contributed by atoms with Gasteiger partial charge in [-0.2, -0.15) is 0 Å². The SMILES string of the molecule is CCN(C(=O)c1csc2nc(-c3cccc(Cl)c3)cn12)[C@H]1COC[C@@H]1O. The molecular formula is C18H18ClN3O3S. The fraction of sp³-hybridized carbons (Fsp3) is 0.333. The van der Waals surface area contributed by atoms with Crippen molar-refractivity contribution in [3.05, 3.63) is 46.6 Å². The van der Waals surface area contributed by atoms with Crippen LogP contribution in [0.3, 0.4) is 0 Å². The van der Waals surface area contributed by atoms with E-state index in [0.29, 0.717) is 23.9 Å². The van der Waals surface area contributed by atoms with Crippen molar-refractivity contribution in [1.29, 1.82) is 0 Å². The molecule has 3 aromatic rings. The van der Waals surface area contributed by atoms with E-state index in [-0.39, 0.29) is 18.6 Å². The highest BCUT2D eigenvalue weighted by Gasteiger charge is 2.35. The minimum Gasteiger partial charge on any atom is -0.388 e. The molecule has 1 fully saturated rings. The Morgan fingerprint density at radius 1 is 1.50 bits per heavy atom. The van der Waals surface area contributed by atoms with Gasteiger partial charge in [0.1, 0.15) is 5.69 Å². The zero-order valence-electron chi connectivity index (χ0n) is 14.1. The summed E-state index contributed by atoms with van der Waals surface area (Å²) in [6.07, 6.45) is 1.19. The van der Waals surface area contributed by atoms with Crippen LogP contribution in [0.5, 0.6) is 0 Å². The molecule has 0 bridgehead atoms. The van der Waals surface area contributed by atoms with Crippen LogP contribution in [0.15, 0.2) is 35.8 Å². The summed E-state index contributed by atoms with van der Waals surface area (Å²) in [6.45, 7) is 3.01. The Balaban J connectivity index is 1.69. The van der Waals surface area contributed by atoms with Crippen molar-refractivity contribution >= 4 is 33.8 Å². The molecule has 0 aliphatic carbocycles. The van der Waals surface area contributed by atoms with Crippen LogP contribution in [-0.4, -0.2) is 57.2 Å². The number of hydrogen-bond donors (Lipinski definition) is 1. The molecule has 3 heterocycles. The van der Waals surface area contributed by atoms with Crippen molar-refractivity contribution in [2.45, 2.75) is 19.1 Å². The summed E-state index contributed by atoms with van der Waals surface area (Å²) < 4.78 is 7.11. The first-order chi connectivity index (χ1) is 12.6. The normalized spacial score (nSPS) is 20.0. The number of hydrogen-bond acceptors (Lipinski definition) is 5. The second-order valence-corrected chi connectivity index (χ2v) is 7.45. The smallest absolute Gasteiger partial charge is 0.272 e. The van der Waals surface area contributed by atoms with Crippen molar-refractivity contribution in [3.8, 4) is 11.3 Å².